The van der Waals surface area contributed by atoms with Crippen LogP contribution in [0.4, 0.5) is 0 Å². The second-order valence-corrected chi connectivity index (χ2v) is 11.0. The number of fused-ring (bicyclic) bond motifs is 1. The van der Waals surface area contributed by atoms with Crippen molar-refractivity contribution in [2.75, 3.05) is 19.8 Å². The highest BCUT2D eigenvalue weighted by Crippen LogP contribution is 2.60. The first-order valence-electron chi connectivity index (χ1n) is 12.3. The number of carbonyl (C=O) groups is 3. The summed E-state index contributed by atoms with van der Waals surface area (Å²) in [7, 11) is 0. The summed E-state index contributed by atoms with van der Waals surface area (Å²) in [6.45, 7) is 0.406. The van der Waals surface area contributed by atoms with Crippen molar-refractivity contribution >= 4 is 17.7 Å². The zero-order valence-corrected chi connectivity index (χ0v) is 18.8. The van der Waals surface area contributed by atoms with Gasteiger partial charge >= 0.3 is 5.97 Å². The van der Waals surface area contributed by atoms with Gasteiger partial charge in [-0.15, -0.1) is 0 Å². The van der Waals surface area contributed by atoms with E-state index < -0.39 is 18.1 Å². The molecule has 4 bridgehead atoms. The van der Waals surface area contributed by atoms with Gasteiger partial charge in [0.05, 0.1) is 18.1 Å². The molecule has 33 heavy (non-hydrogen) atoms. The Hall–Kier alpha value is -2.41. The Morgan fingerprint density at radius 2 is 1.76 bits per heavy atom. The summed E-state index contributed by atoms with van der Waals surface area (Å²) in [5.41, 5.74) is 1.10. The van der Waals surface area contributed by atoms with E-state index in [2.05, 4.69) is 0 Å². The summed E-state index contributed by atoms with van der Waals surface area (Å²) < 4.78 is 10.9. The second kappa shape index (κ2) is 7.83. The monoisotopic (exact) mass is 453 g/mol. The van der Waals surface area contributed by atoms with Crippen molar-refractivity contribution in [2.24, 2.45) is 23.2 Å². The summed E-state index contributed by atoms with van der Waals surface area (Å²) in [4.78, 5) is 40.9. The number of nitrogens with zero attached hydrogens (tertiary/aromatic N) is 1. The molecule has 2 atom stereocenters. The molecule has 176 valence electrons. The minimum Gasteiger partial charge on any atom is -0.493 e. The Morgan fingerprint density at radius 1 is 1.06 bits per heavy atom. The fourth-order valence-electron chi connectivity index (χ4n) is 7.62. The van der Waals surface area contributed by atoms with Crippen molar-refractivity contribution in [1.29, 1.82) is 0 Å². The maximum atomic E-state index is 13.8. The summed E-state index contributed by atoms with van der Waals surface area (Å²) in [6.07, 6.45) is 6.62. The van der Waals surface area contributed by atoms with Crippen LogP contribution < -0.4 is 4.74 Å². The van der Waals surface area contributed by atoms with Crippen LogP contribution >= 0.6 is 0 Å². The molecule has 4 aliphatic carbocycles. The van der Waals surface area contributed by atoms with Crippen LogP contribution in [0.15, 0.2) is 18.2 Å². The SMILES string of the molecule is O=C(COC(=O)[C@@H]1CC(O)CN1C(=O)C12CC3CC(CC(C3)C1)C2)c1ccc2c(c1)CCO2. The molecule has 7 nitrogen and oxygen atoms in total. The molecule has 1 aromatic carbocycles. The van der Waals surface area contributed by atoms with Crippen LogP contribution in [-0.4, -0.2) is 59.6 Å². The molecular weight excluding hydrogens is 422 g/mol. The zero-order valence-electron chi connectivity index (χ0n) is 18.8. The standard InChI is InChI=1S/C26H31NO6/c28-20-9-21(24(30)33-14-22(29)18-1-2-23-19(8-18)3-4-32-23)27(13-20)25(31)26-10-15-5-16(11-26)7-17(6-15)12-26/h1-2,8,15-17,20-21,28H,3-7,9-14H2/t15?,16?,17?,20?,21-,26?/m0/s1. The van der Waals surface area contributed by atoms with Crippen molar-refractivity contribution < 1.29 is 29.0 Å². The second-order valence-electron chi connectivity index (χ2n) is 11.0. The number of carbonyl (C=O) groups excluding carboxylic acids is 3. The molecule has 0 radical (unpaired) electrons. The van der Waals surface area contributed by atoms with Crippen molar-refractivity contribution in [3.05, 3.63) is 29.3 Å². The van der Waals surface area contributed by atoms with Crippen LogP contribution in [0.2, 0.25) is 0 Å². The summed E-state index contributed by atoms with van der Waals surface area (Å²) in [5, 5.41) is 10.3. The van der Waals surface area contributed by atoms with E-state index in [1.165, 1.54) is 19.3 Å². The van der Waals surface area contributed by atoms with Gasteiger partial charge in [0.2, 0.25) is 5.91 Å². The van der Waals surface area contributed by atoms with E-state index >= 15 is 0 Å². The first-order valence-corrected chi connectivity index (χ1v) is 12.3. The van der Waals surface area contributed by atoms with Gasteiger partial charge in [-0.1, -0.05) is 0 Å². The Kier molecular flexibility index (Phi) is 5.02. The molecule has 0 aromatic heterocycles. The lowest BCUT2D eigenvalue weighted by molar-refractivity contribution is -0.165. The number of ketones is 1. The molecule has 2 aliphatic heterocycles. The van der Waals surface area contributed by atoms with Crippen molar-refractivity contribution in [3.63, 3.8) is 0 Å². The van der Waals surface area contributed by atoms with E-state index in [1.807, 2.05) is 0 Å². The average Bonchev–Trinajstić information content (AvgIpc) is 3.41. The third-order valence-corrected chi connectivity index (χ3v) is 8.66. The molecule has 5 fully saturated rings. The molecule has 1 unspecified atom stereocenters. The van der Waals surface area contributed by atoms with Crippen LogP contribution in [0.25, 0.3) is 0 Å². The Balaban J connectivity index is 1.13. The minimum atomic E-state index is -0.818. The molecule has 1 aromatic rings. The van der Waals surface area contributed by atoms with Crippen molar-refractivity contribution in [2.45, 2.75) is 63.5 Å². The number of amides is 1. The fourth-order valence-corrected chi connectivity index (χ4v) is 7.62. The quantitative estimate of drug-likeness (QED) is 0.544. The molecular formula is C26H31NO6. The molecule has 1 amide bonds. The predicted molar refractivity (Wildman–Crippen MR) is 118 cm³/mol. The highest BCUT2D eigenvalue weighted by atomic mass is 16.5. The fraction of sp³-hybridized carbons (Fsp3) is 0.654. The molecule has 6 aliphatic rings. The van der Waals surface area contributed by atoms with Gasteiger partial charge < -0.3 is 19.5 Å². The minimum absolute atomic E-state index is 0.0186. The summed E-state index contributed by atoms with van der Waals surface area (Å²) in [5.74, 6) is 1.79. The third-order valence-electron chi connectivity index (χ3n) is 8.66. The van der Waals surface area contributed by atoms with Gasteiger partial charge in [-0.25, -0.2) is 4.79 Å². The van der Waals surface area contributed by atoms with E-state index in [1.54, 1.807) is 23.1 Å². The molecule has 1 N–H and O–H groups in total. The highest BCUT2D eigenvalue weighted by Gasteiger charge is 2.57. The van der Waals surface area contributed by atoms with Crippen LogP contribution in [0.3, 0.4) is 0 Å². The number of benzene rings is 1. The van der Waals surface area contributed by atoms with Gasteiger partial charge in [-0.2, -0.15) is 0 Å². The van der Waals surface area contributed by atoms with Crippen LogP contribution in [0.1, 0.15) is 60.9 Å². The molecule has 7 heteroatoms. The molecule has 2 heterocycles. The normalized spacial score (nSPS) is 35.9. The number of Topliss-reactive ketones (excluding diaryl/α,β-unsaturated/α-hetero) is 1. The number of hydrogen-bond donors (Lipinski definition) is 1. The Bertz CT molecular complexity index is 967. The smallest absolute Gasteiger partial charge is 0.329 e. The molecule has 0 spiro atoms. The summed E-state index contributed by atoms with van der Waals surface area (Å²) in [6, 6.07) is 4.43. The van der Waals surface area contributed by atoms with E-state index in [9.17, 15) is 19.5 Å². The Morgan fingerprint density at radius 3 is 2.45 bits per heavy atom. The zero-order chi connectivity index (χ0) is 22.7. The first-order chi connectivity index (χ1) is 15.9. The predicted octanol–water partition coefficient (Wildman–Crippen LogP) is 2.53. The van der Waals surface area contributed by atoms with Gasteiger partial charge in [0, 0.05) is 24.9 Å². The maximum absolute atomic E-state index is 13.8. The maximum Gasteiger partial charge on any atom is 0.329 e. The number of aliphatic hydroxyl groups excluding tert-OH is 1. The number of likely N-dealkylation sites (tertiary alicyclic amines) is 1. The Labute approximate surface area is 193 Å². The van der Waals surface area contributed by atoms with Crippen molar-refractivity contribution in [1.82, 2.24) is 4.90 Å². The molecule has 1 saturated heterocycles. The largest absolute Gasteiger partial charge is 0.493 e. The number of rotatable bonds is 5. The van der Waals surface area contributed by atoms with E-state index in [-0.39, 0.29) is 36.7 Å². The number of ether oxygens (including phenoxy) is 2. The van der Waals surface area contributed by atoms with E-state index in [0.717, 1.165) is 37.0 Å². The first kappa shape index (κ1) is 21.1. The lowest BCUT2D eigenvalue weighted by Gasteiger charge is -2.56. The van der Waals surface area contributed by atoms with Gasteiger partial charge in [0.15, 0.2) is 12.4 Å². The van der Waals surface area contributed by atoms with E-state index in [0.29, 0.717) is 29.9 Å². The molecule has 7 rings (SSSR count). The lowest BCUT2D eigenvalue weighted by atomic mass is 9.49. The number of aliphatic hydroxyl groups is 1. The number of esters is 1. The van der Waals surface area contributed by atoms with Crippen LogP contribution in [0, 0.1) is 23.2 Å². The average molecular weight is 454 g/mol. The number of hydrogen-bond acceptors (Lipinski definition) is 6. The summed E-state index contributed by atoms with van der Waals surface area (Å²) >= 11 is 0. The third kappa shape index (κ3) is 3.65. The van der Waals surface area contributed by atoms with Crippen molar-refractivity contribution in [3.8, 4) is 5.75 Å². The van der Waals surface area contributed by atoms with Gasteiger partial charge in [0.1, 0.15) is 11.8 Å². The van der Waals surface area contributed by atoms with Gasteiger partial charge in [-0.3, -0.25) is 9.59 Å². The van der Waals surface area contributed by atoms with Gasteiger partial charge in [0.25, 0.3) is 0 Å². The highest BCUT2D eigenvalue weighted by molar-refractivity contribution is 5.99. The van der Waals surface area contributed by atoms with E-state index in [4.69, 9.17) is 9.47 Å². The van der Waals surface area contributed by atoms with Crippen LogP contribution in [0.5, 0.6) is 5.75 Å². The molecule has 4 saturated carbocycles. The van der Waals surface area contributed by atoms with Crippen LogP contribution in [-0.2, 0) is 20.7 Å². The lowest BCUT2D eigenvalue weighted by Crippen LogP contribution is -2.56. The van der Waals surface area contributed by atoms with Gasteiger partial charge in [-0.05, 0) is 80.0 Å². The topological polar surface area (TPSA) is 93.1 Å². The number of β-amino-alcohol motifs (C(OH)–C–C–N with tert-alkyl or cyclic N) is 1.